The highest BCUT2D eigenvalue weighted by Gasteiger charge is 2.24. The molecule has 0 bridgehead atoms. The Bertz CT molecular complexity index is 348. The van der Waals surface area contributed by atoms with Crippen LogP contribution in [0.3, 0.4) is 0 Å². The van der Waals surface area contributed by atoms with Crippen molar-refractivity contribution in [3.05, 3.63) is 18.2 Å². The van der Waals surface area contributed by atoms with E-state index in [1.54, 1.807) is 0 Å². The first-order valence-corrected chi connectivity index (χ1v) is 6.20. The quantitative estimate of drug-likeness (QED) is 0.700. The summed E-state index contributed by atoms with van der Waals surface area (Å²) in [4.78, 5) is 6.49. The van der Waals surface area contributed by atoms with Gasteiger partial charge in [-0.2, -0.15) is 0 Å². The molecule has 0 amide bonds. The van der Waals surface area contributed by atoms with Crippen LogP contribution < -0.4 is 5.32 Å². The average Bonchev–Trinajstić information content (AvgIpc) is 3.03. The van der Waals surface area contributed by atoms with E-state index in [0.29, 0.717) is 6.04 Å². The van der Waals surface area contributed by atoms with Crippen molar-refractivity contribution in [2.24, 2.45) is 7.05 Å². The predicted octanol–water partition coefficient (Wildman–Crippen LogP) is -0.0352. The Morgan fingerprint density at radius 2 is 2.41 bits per heavy atom. The molecule has 0 aromatic carbocycles. The fourth-order valence-corrected chi connectivity index (χ4v) is 1.98. The molecule has 1 saturated carbocycles. The molecular formula is C12H22N4O. The molecule has 17 heavy (non-hydrogen) atoms. The number of nitrogens with zero attached hydrogens (tertiary/aromatic N) is 3. The number of imidazole rings is 1. The van der Waals surface area contributed by atoms with Crippen molar-refractivity contribution < 1.29 is 5.11 Å². The van der Waals surface area contributed by atoms with Crippen LogP contribution in [-0.2, 0) is 13.6 Å². The lowest BCUT2D eigenvalue weighted by Crippen LogP contribution is -2.43. The summed E-state index contributed by atoms with van der Waals surface area (Å²) in [6.07, 6.45) is 6.27. The van der Waals surface area contributed by atoms with E-state index < -0.39 is 0 Å². The number of hydrogen-bond donors (Lipinski definition) is 2. The zero-order valence-electron chi connectivity index (χ0n) is 10.6. The van der Waals surface area contributed by atoms with Gasteiger partial charge < -0.3 is 15.0 Å². The first kappa shape index (κ1) is 12.5. The maximum absolute atomic E-state index is 9.32. The summed E-state index contributed by atoms with van der Waals surface area (Å²) >= 11 is 0. The van der Waals surface area contributed by atoms with Gasteiger partial charge in [-0.1, -0.05) is 0 Å². The first-order chi connectivity index (χ1) is 8.19. The van der Waals surface area contributed by atoms with Crippen LogP contribution in [0.4, 0.5) is 0 Å². The van der Waals surface area contributed by atoms with E-state index >= 15 is 0 Å². The van der Waals surface area contributed by atoms with Gasteiger partial charge in [0.2, 0.25) is 0 Å². The van der Waals surface area contributed by atoms with Crippen LogP contribution in [0.2, 0.25) is 0 Å². The lowest BCUT2D eigenvalue weighted by molar-refractivity contribution is 0.192. The number of likely N-dealkylation sites (N-methyl/N-ethyl adjacent to an activating group) is 1. The normalized spacial score (nSPS) is 17.6. The molecule has 1 unspecified atom stereocenters. The largest absolute Gasteiger partial charge is 0.395 e. The van der Waals surface area contributed by atoms with E-state index in [0.717, 1.165) is 18.9 Å². The van der Waals surface area contributed by atoms with E-state index in [-0.39, 0.29) is 12.6 Å². The Morgan fingerprint density at radius 3 is 2.94 bits per heavy atom. The minimum atomic E-state index is 0.174. The van der Waals surface area contributed by atoms with Gasteiger partial charge in [0.05, 0.1) is 13.2 Å². The molecule has 1 aliphatic rings. The molecule has 1 aromatic rings. The smallest absolute Gasteiger partial charge is 0.122 e. The van der Waals surface area contributed by atoms with Crippen LogP contribution in [0.5, 0.6) is 0 Å². The van der Waals surface area contributed by atoms with Gasteiger partial charge >= 0.3 is 0 Å². The van der Waals surface area contributed by atoms with Crippen LogP contribution in [-0.4, -0.2) is 51.8 Å². The molecular weight excluding hydrogens is 216 g/mol. The molecule has 1 fully saturated rings. The van der Waals surface area contributed by atoms with Gasteiger partial charge in [0.25, 0.3) is 0 Å². The first-order valence-electron chi connectivity index (χ1n) is 6.20. The second-order valence-electron chi connectivity index (χ2n) is 4.97. The van der Waals surface area contributed by atoms with Gasteiger partial charge in [-0.25, -0.2) is 4.98 Å². The Balaban J connectivity index is 1.78. The summed E-state index contributed by atoms with van der Waals surface area (Å²) in [7, 11) is 4.06. The lowest BCUT2D eigenvalue weighted by atomic mass is 10.3. The number of aliphatic hydroxyl groups is 1. The van der Waals surface area contributed by atoms with E-state index in [2.05, 4.69) is 22.2 Å². The van der Waals surface area contributed by atoms with Gasteiger partial charge in [-0.05, 0) is 19.9 Å². The van der Waals surface area contributed by atoms with Gasteiger partial charge in [-0.3, -0.25) is 4.90 Å². The van der Waals surface area contributed by atoms with Crippen molar-refractivity contribution >= 4 is 0 Å². The summed E-state index contributed by atoms with van der Waals surface area (Å²) in [6.45, 7) is 1.85. The zero-order valence-corrected chi connectivity index (χ0v) is 10.6. The van der Waals surface area contributed by atoms with Gasteiger partial charge in [0, 0.05) is 38.1 Å². The van der Waals surface area contributed by atoms with Crippen molar-refractivity contribution in [1.29, 1.82) is 0 Å². The summed E-state index contributed by atoms with van der Waals surface area (Å²) in [5.41, 5.74) is 0. The highest BCUT2D eigenvalue weighted by molar-refractivity contribution is 4.91. The van der Waals surface area contributed by atoms with E-state index in [9.17, 15) is 5.11 Å². The third kappa shape index (κ3) is 3.80. The highest BCUT2D eigenvalue weighted by atomic mass is 16.3. The minimum Gasteiger partial charge on any atom is -0.395 e. The average molecular weight is 238 g/mol. The predicted molar refractivity (Wildman–Crippen MR) is 66.6 cm³/mol. The van der Waals surface area contributed by atoms with Gasteiger partial charge in [0.15, 0.2) is 0 Å². The van der Waals surface area contributed by atoms with E-state index in [1.807, 2.05) is 24.0 Å². The third-order valence-electron chi connectivity index (χ3n) is 3.13. The fraction of sp³-hybridized carbons (Fsp3) is 0.750. The van der Waals surface area contributed by atoms with Gasteiger partial charge in [-0.15, -0.1) is 0 Å². The standard InChI is InChI=1S/C12H22N4O/c1-15(8-12-13-5-6-16(12)2)7-11(9-17)14-10-3-4-10/h5-6,10-11,14,17H,3-4,7-9H2,1-2H3. The maximum atomic E-state index is 9.32. The lowest BCUT2D eigenvalue weighted by Gasteiger charge is -2.23. The van der Waals surface area contributed by atoms with Crippen LogP contribution in [0, 0.1) is 0 Å². The number of aryl methyl sites for hydroxylation is 1. The molecule has 0 radical (unpaired) electrons. The third-order valence-corrected chi connectivity index (χ3v) is 3.13. The summed E-state index contributed by atoms with van der Waals surface area (Å²) in [5.74, 6) is 1.05. The minimum absolute atomic E-state index is 0.174. The van der Waals surface area contributed by atoms with Crippen LogP contribution >= 0.6 is 0 Å². The van der Waals surface area contributed by atoms with Crippen LogP contribution in [0.15, 0.2) is 12.4 Å². The van der Waals surface area contributed by atoms with Crippen molar-refractivity contribution in [1.82, 2.24) is 19.8 Å². The molecule has 1 aromatic heterocycles. The van der Waals surface area contributed by atoms with Crippen LogP contribution in [0.1, 0.15) is 18.7 Å². The SMILES string of the molecule is CN(Cc1nccn1C)CC(CO)NC1CC1. The molecule has 1 aliphatic carbocycles. The number of rotatable bonds is 7. The Morgan fingerprint density at radius 1 is 1.65 bits per heavy atom. The number of nitrogens with one attached hydrogen (secondary N) is 1. The maximum Gasteiger partial charge on any atom is 0.122 e. The Labute approximate surface area is 102 Å². The molecule has 5 nitrogen and oxygen atoms in total. The van der Waals surface area contributed by atoms with Crippen LogP contribution in [0.25, 0.3) is 0 Å². The van der Waals surface area contributed by atoms with Crippen molar-refractivity contribution in [3.63, 3.8) is 0 Å². The number of hydrogen-bond acceptors (Lipinski definition) is 4. The second-order valence-corrected chi connectivity index (χ2v) is 4.97. The second kappa shape index (κ2) is 5.62. The topological polar surface area (TPSA) is 53.3 Å². The number of aliphatic hydroxyl groups excluding tert-OH is 1. The molecule has 1 heterocycles. The Hall–Kier alpha value is -0.910. The number of aromatic nitrogens is 2. The fourth-order valence-electron chi connectivity index (χ4n) is 1.98. The van der Waals surface area contributed by atoms with E-state index in [4.69, 9.17) is 0 Å². The molecule has 1 atom stereocenters. The summed E-state index contributed by atoms with van der Waals surface area (Å²) in [5, 5.41) is 12.8. The molecule has 2 N–H and O–H groups in total. The van der Waals surface area contributed by atoms with Crippen molar-refractivity contribution in [2.75, 3.05) is 20.2 Å². The van der Waals surface area contributed by atoms with Crippen molar-refractivity contribution in [3.8, 4) is 0 Å². The zero-order chi connectivity index (χ0) is 12.3. The molecule has 2 rings (SSSR count). The summed E-state index contributed by atoms with van der Waals surface area (Å²) < 4.78 is 2.03. The molecule has 0 aliphatic heterocycles. The Kier molecular flexibility index (Phi) is 4.15. The van der Waals surface area contributed by atoms with Crippen molar-refractivity contribution in [2.45, 2.75) is 31.5 Å². The molecule has 5 heteroatoms. The molecule has 96 valence electrons. The van der Waals surface area contributed by atoms with E-state index in [1.165, 1.54) is 12.8 Å². The summed E-state index contributed by atoms with van der Waals surface area (Å²) in [6, 6.07) is 0.807. The highest BCUT2D eigenvalue weighted by Crippen LogP contribution is 2.19. The monoisotopic (exact) mass is 238 g/mol. The van der Waals surface area contributed by atoms with Gasteiger partial charge in [0.1, 0.15) is 5.82 Å². The molecule has 0 saturated heterocycles. The molecule has 0 spiro atoms.